The molecule has 0 saturated carbocycles. The molecule has 0 aromatic carbocycles. The molecule has 0 spiro atoms. The molecular formula is C24H46N4O9. The number of carbonyl (C=O) groups excluding carboxylic acids is 4. The fourth-order valence-corrected chi connectivity index (χ4v) is 2.62. The third kappa shape index (κ3) is 26.6. The van der Waals surface area contributed by atoms with E-state index < -0.39 is 11.6 Å². The van der Waals surface area contributed by atoms with Gasteiger partial charge in [0.2, 0.25) is 17.7 Å². The van der Waals surface area contributed by atoms with E-state index in [1.165, 1.54) is 0 Å². The van der Waals surface area contributed by atoms with Gasteiger partial charge in [0.15, 0.2) is 0 Å². The average molecular weight is 535 g/mol. The van der Waals surface area contributed by atoms with Gasteiger partial charge in [0.25, 0.3) is 0 Å². The van der Waals surface area contributed by atoms with Crippen LogP contribution in [-0.4, -0.2) is 108 Å². The van der Waals surface area contributed by atoms with E-state index in [0.717, 1.165) is 0 Å². The van der Waals surface area contributed by atoms with Crippen LogP contribution in [0.5, 0.6) is 0 Å². The van der Waals surface area contributed by atoms with Crippen LogP contribution in [0.3, 0.4) is 0 Å². The fraction of sp³-hybridized carbons (Fsp3) is 0.833. The van der Waals surface area contributed by atoms with Crippen LogP contribution >= 0.6 is 0 Å². The standard InChI is InChI=1S/C24H46N4O9/c1-24(2,3)37-23(32)7-6-22(31)28-11-15-36-19-18-35-14-10-27-21(30)5-4-20(29)26-9-13-34-17-16-33-12-8-25/h4-19,25H2,1-3H3,(H,26,29)(H,27,30)(H,28,31). The van der Waals surface area contributed by atoms with E-state index in [2.05, 4.69) is 16.0 Å². The second kappa shape index (κ2) is 22.8. The quantitative estimate of drug-likeness (QED) is 0.0965. The van der Waals surface area contributed by atoms with Crippen molar-refractivity contribution < 1.29 is 42.9 Å². The number of ether oxygens (including phenoxy) is 5. The maximum atomic E-state index is 11.8. The largest absolute Gasteiger partial charge is 0.460 e. The molecule has 0 rings (SSSR count). The molecule has 3 amide bonds. The lowest BCUT2D eigenvalue weighted by atomic mass is 10.2. The smallest absolute Gasteiger partial charge is 0.306 e. The Labute approximate surface area is 219 Å². The van der Waals surface area contributed by atoms with Gasteiger partial charge in [-0.15, -0.1) is 0 Å². The van der Waals surface area contributed by atoms with E-state index in [-0.39, 0.29) is 43.4 Å². The molecule has 0 aromatic rings. The SMILES string of the molecule is CC(C)(C)OC(=O)CCC(=O)NCCOCCOCCNC(=O)CCC(=O)NCCOCCOCCN. The summed E-state index contributed by atoms with van der Waals surface area (Å²) in [7, 11) is 0. The van der Waals surface area contributed by atoms with Gasteiger partial charge < -0.3 is 45.4 Å². The molecule has 13 heteroatoms. The minimum atomic E-state index is -0.565. The van der Waals surface area contributed by atoms with Crippen LogP contribution in [-0.2, 0) is 42.9 Å². The lowest BCUT2D eigenvalue weighted by molar-refractivity contribution is -0.155. The summed E-state index contributed by atoms with van der Waals surface area (Å²) in [5.74, 6) is -1.10. The lowest BCUT2D eigenvalue weighted by Gasteiger charge is -2.19. The van der Waals surface area contributed by atoms with Crippen molar-refractivity contribution in [3.63, 3.8) is 0 Å². The van der Waals surface area contributed by atoms with Crippen molar-refractivity contribution in [3.05, 3.63) is 0 Å². The first-order valence-electron chi connectivity index (χ1n) is 12.7. The van der Waals surface area contributed by atoms with E-state index in [0.29, 0.717) is 79.0 Å². The Bertz CT molecular complexity index is 642. The van der Waals surface area contributed by atoms with Crippen molar-refractivity contribution in [1.82, 2.24) is 16.0 Å². The normalized spacial score (nSPS) is 11.1. The van der Waals surface area contributed by atoms with Crippen molar-refractivity contribution >= 4 is 23.7 Å². The lowest BCUT2D eigenvalue weighted by Crippen LogP contribution is -2.31. The van der Waals surface area contributed by atoms with Crippen LogP contribution in [0.25, 0.3) is 0 Å². The summed E-state index contributed by atoms with van der Waals surface area (Å²) in [5.41, 5.74) is 4.73. The van der Waals surface area contributed by atoms with Gasteiger partial charge in [-0.25, -0.2) is 0 Å². The summed E-state index contributed by atoms with van der Waals surface area (Å²) in [4.78, 5) is 46.8. The van der Waals surface area contributed by atoms with E-state index >= 15 is 0 Å². The molecule has 0 bridgehead atoms. The van der Waals surface area contributed by atoms with Crippen molar-refractivity contribution in [3.8, 4) is 0 Å². The molecule has 0 radical (unpaired) electrons. The Hall–Kier alpha value is -2.32. The van der Waals surface area contributed by atoms with Crippen molar-refractivity contribution in [2.75, 3.05) is 79.0 Å². The molecule has 5 N–H and O–H groups in total. The van der Waals surface area contributed by atoms with Crippen molar-refractivity contribution in [2.24, 2.45) is 5.73 Å². The third-order valence-electron chi connectivity index (χ3n) is 4.27. The minimum absolute atomic E-state index is 0.0318. The molecule has 0 aliphatic rings. The van der Waals surface area contributed by atoms with Crippen LogP contribution in [0.2, 0.25) is 0 Å². The Morgan fingerprint density at radius 2 is 0.919 bits per heavy atom. The minimum Gasteiger partial charge on any atom is -0.460 e. The summed E-state index contributed by atoms with van der Waals surface area (Å²) < 4.78 is 26.3. The summed E-state index contributed by atoms with van der Waals surface area (Å²) in [6.07, 6.45) is 0.282. The van der Waals surface area contributed by atoms with Gasteiger partial charge in [-0.1, -0.05) is 0 Å². The van der Waals surface area contributed by atoms with Crippen LogP contribution in [0.4, 0.5) is 0 Å². The van der Waals surface area contributed by atoms with Crippen molar-refractivity contribution in [2.45, 2.75) is 52.1 Å². The van der Waals surface area contributed by atoms with E-state index in [1.54, 1.807) is 20.8 Å². The molecule has 0 aromatic heterocycles. The number of carbonyl (C=O) groups is 4. The van der Waals surface area contributed by atoms with Gasteiger partial charge >= 0.3 is 5.97 Å². The highest BCUT2D eigenvalue weighted by Crippen LogP contribution is 2.08. The summed E-state index contributed by atoms with van der Waals surface area (Å²) in [6, 6.07) is 0. The summed E-state index contributed by atoms with van der Waals surface area (Å²) in [6.45, 7) is 9.88. The molecule has 0 unspecified atom stereocenters. The second-order valence-electron chi connectivity index (χ2n) is 8.87. The molecule has 0 saturated heterocycles. The number of rotatable bonds is 23. The summed E-state index contributed by atoms with van der Waals surface area (Å²) >= 11 is 0. The molecule has 37 heavy (non-hydrogen) atoms. The molecule has 216 valence electrons. The van der Waals surface area contributed by atoms with Gasteiger partial charge in [-0.3, -0.25) is 19.2 Å². The number of hydrogen-bond donors (Lipinski definition) is 4. The Kier molecular flexibility index (Phi) is 21.4. The van der Waals surface area contributed by atoms with Gasteiger partial charge in [0.05, 0.1) is 59.3 Å². The Morgan fingerprint density at radius 3 is 1.27 bits per heavy atom. The zero-order valence-corrected chi connectivity index (χ0v) is 22.6. The van der Waals surface area contributed by atoms with Crippen LogP contribution < -0.4 is 21.7 Å². The molecule has 0 fully saturated rings. The first-order valence-corrected chi connectivity index (χ1v) is 12.7. The fourth-order valence-electron chi connectivity index (χ4n) is 2.62. The number of nitrogens with one attached hydrogen (secondary N) is 3. The predicted octanol–water partition coefficient (Wildman–Crippen LogP) is -0.738. The first-order chi connectivity index (χ1) is 17.6. The average Bonchev–Trinajstić information content (AvgIpc) is 2.83. The van der Waals surface area contributed by atoms with Crippen molar-refractivity contribution in [1.29, 1.82) is 0 Å². The highest BCUT2D eigenvalue weighted by molar-refractivity contribution is 5.83. The molecule has 0 aliphatic carbocycles. The van der Waals surface area contributed by atoms with E-state index in [4.69, 9.17) is 29.4 Å². The van der Waals surface area contributed by atoms with E-state index in [9.17, 15) is 19.2 Å². The van der Waals surface area contributed by atoms with Crippen LogP contribution in [0.15, 0.2) is 0 Å². The first kappa shape index (κ1) is 34.7. The number of nitrogens with two attached hydrogens (primary N) is 1. The predicted molar refractivity (Wildman–Crippen MR) is 136 cm³/mol. The zero-order chi connectivity index (χ0) is 27.8. The van der Waals surface area contributed by atoms with Crippen LogP contribution in [0, 0.1) is 0 Å². The number of amides is 3. The Balaban J connectivity index is 3.45. The highest BCUT2D eigenvalue weighted by atomic mass is 16.6. The topological polar surface area (TPSA) is 177 Å². The molecule has 0 aliphatic heterocycles. The van der Waals surface area contributed by atoms with Gasteiger partial charge in [-0.05, 0) is 20.8 Å². The maximum absolute atomic E-state index is 11.8. The zero-order valence-electron chi connectivity index (χ0n) is 22.6. The van der Waals surface area contributed by atoms with Gasteiger partial charge in [-0.2, -0.15) is 0 Å². The highest BCUT2D eigenvalue weighted by Gasteiger charge is 2.16. The maximum Gasteiger partial charge on any atom is 0.306 e. The molecular weight excluding hydrogens is 488 g/mol. The van der Waals surface area contributed by atoms with E-state index in [1.807, 2.05) is 0 Å². The number of esters is 1. The van der Waals surface area contributed by atoms with Crippen LogP contribution in [0.1, 0.15) is 46.5 Å². The molecule has 0 atom stereocenters. The molecule has 13 nitrogen and oxygen atoms in total. The van der Waals surface area contributed by atoms with Gasteiger partial charge in [0, 0.05) is 45.4 Å². The monoisotopic (exact) mass is 534 g/mol. The van der Waals surface area contributed by atoms with Gasteiger partial charge in [0.1, 0.15) is 5.60 Å². The molecule has 0 heterocycles. The second-order valence-corrected chi connectivity index (χ2v) is 8.87. The third-order valence-corrected chi connectivity index (χ3v) is 4.27. The Morgan fingerprint density at radius 1 is 0.568 bits per heavy atom. The summed E-state index contributed by atoms with van der Waals surface area (Å²) in [5, 5.41) is 8.03. The number of hydrogen-bond acceptors (Lipinski definition) is 10.